The van der Waals surface area contributed by atoms with Crippen molar-refractivity contribution < 1.29 is 21.6 Å². The minimum atomic E-state index is -4.35. The van der Waals surface area contributed by atoms with Crippen LogP contribution in [0, 0.1) is 0 Å². The first kappa shape index (κ1) is 25.2. The Labute approximate surface area is 185 Å². The van der Waals surface area contributed by atoms with Gasteiger partial charge < -0.3 is 10.6 Å². The average Bonchev–Trinajstić information content (AvgIpc) is 2.63. The number of hydrogen-bond acceptors (Lipinski definition) is 3. The van der Waals surface area contributed by atoms with E-state index in [0.717, 1.165) is 24.0 Å². The van der Waals surface area contributed by atoms with E-state index in [1.807, 2.05) is 6.92 Å². The first-order valence-electron chi connectivity index (χ1n) is 8.57. The number of nitrogens with one attached hydrogen (secondary N) is 2. The molecule has 0 aliphatic carbocycles. The molecule has 0 unspecified atom stereocenters. The molecular formula is C19H23F3IN3O2S. The Kier molecular flexibility index (Phi) is 9.40. The number of guanidine groups is 1. The Morgan fingerprint density at radius 1 is 0.966 bits per heavy atom. The highest BCUT2D eigenvalue weighted by Crippen LogP contribution is 2.29. The van der Waals surface area contributed by atoms with Crippen LogP contribution in [0.15, 0.2) is 58.4 Å². The van der Waals surface area contributed by atoms with Gasteiger partial charge in [-0.2, -0.15) is 13.2 Å². The lowest BCUT2D eigenvalue weighted by Crippen LogP contribution is -2.36. The van der Waals surface area contributed by atoms with Gasteiger partial charge in [-0.1, -0.05) is 24.3 Å². The number of alkyl halides is 3. The van der Waals surface area contributed by atoms with Crippen molar-refractivity contribution >= 4 is 39.8 Å². The number of halogens is 4. The quantitative estimate of drug-likeness (QED) is 0.330. The van der Waals surface area contributed by atoms with Gasteiger partial charge >= 0.3 is 6.18 Å². The van der Waals surface area contributed by atoms with E-state index < -0.39 is 21.6 Å². The number of sulfone groups is 1. The van der Waals surface area contributed by atoms with Crippen LogP contribution >= 0.6 is 24.0 Å². The summed E-state index contributed by atoms with van der Waals surface area (Å²) in [6, 6.07) is 11.4. The first-order valence-corrected chi connectivity index (χ1v) is 10.5. The number of benzene rings is 2. The van der Waals surface area contributed by atoms with Gasteiger partial charge in [0, 0.05) is 19.3 Å². The van der Waals surface area contributed by atoms with E-state index in [1.54, 1.807) is 12.1 Å². The minimum Gasteiger partial charge on any atom is -0.357 e. The fourth-order valence-electron chi connectivity index (χ4n) is 2.35. The Balaban J connectivity index is 0.00000420. The minimum absolute atomic E-state index is 0. The Morgan fingerprint density at radius 3 is 2.00 bits per heavy atom. The van der Waals surface area contributed by atoms with Crippen molar-refractivity contribution in [3.05, 3.63) is 65.2 Å². The third-order valence-electron chi connectivity index (χ3n) is 3.86. The third kappa shape index (κ3) is 8.21. The van der Waals surface area contributed by atoms with Gasteiger partial charge in [0.25, 0.3) is 0 Å². The Morgan fingerprint density at radius 2 is 1.52 bits per heavy atom. The molecule has 10 heteroatoms. The summed E-state index contributed by atoms with van der Waals surface area (Å²) in [7, 11) is -3.24. The van der Waals surface area contributed by atoms with Crippen molar-refractivity contribution in [3.63, 3.8) is 0 Å². The molecule has 29 heavy (non-hydrogen) atoms. The molecule has 0 saturated heterocycles. The topological polar surface area (TPSA) is 70.6 Å². The predicted molar refractivity (Wildman–Crippen MR) is 118 cm³/mol. The van der Waals surface area contributed by atoms with E-state index in [9.17, 15) is 21.6 Å². The zero-order valence-electron chi connectivity index (χ0n) is 16.0. The summed E-state index contributed by atoms with van der Waals surface area (Å²) >= 11 is 0. The van der Waals surface area contributed by atoms with Crippen LogP contribution in [0.25, 0.3) is 0 Å². The normalized spacial score (nSPS) is 12.2. The van der Waals surface area contributed by atoms with Gasteiger partial charge in [-0.15, -0.1) is 24.0 Å². The molecule has 0 radical (unpaired) electrons. The van der Waals surface area contributed by atoms with Gasteiger partial charge in [0.15, 0.2) is 15.8 Å². The highest BCUT2D eigenvalue weighted by atomic mass is 127. The van der Waals surface area contributed by atoms with Crippen LogP contribution in [0.2, 0.25) is 0 Å². The highest BCUT2D eigenvalue weighted by molar-refractivity contribution is 14.0. The number of aliphatic imine (C=N–C) groups is 1. The standard InChI is InChI=1S/C19H22F3N3O2S.HI/c1-3-23-18(24-12-14-4-8-16(9-5-14)19(20,21)22)25-13-15-6-10-17(11-7-15)28(2,26)27;/h4-11H,3,12-13H2,1-2H3,(H2,23,24,25);1H. The monoisotopic (exact) mass is 541 g/mol. The van der Waals surface area contributed by atoms with Crippen molar-refractivity contribution in [2.45, 2.75) is 31.1 Å². The van der Waals surface area contributed by atoms with E-state index in [2.05, 4.69) is 15.6 Å². The number of hydrogen-bond donors (Lipinski definition) is 2. The van der Waals surface area contributed by atoms with Crippen molar-refractivity contribution in [1.29, 1.82) is 0 Å². The Bertz CT molecular complexity index is 913. The molecule has 0 aromatic heterocycles. The van der Waals surface area contributed by atoms with E-state index in [0.29, 0.717) is 31.2 Å². The van der Waals surface area contributed by atoms with Crippen LogP contribution in [0.5, 0.6) is 0 Å². The third-order valence-corrected chi connectivity index (χ3v) is 4.99. The van der Waals surface area contributed by atoms with E-state index in [1.165, 1.54) is 24.3 Å². The van der Waals surface area contributed by atoms with Crippen LogP contribution in [-0.4, -0.2) is 27.2 Å². The molecule has 0 atom stereocenters. The van der Waals surface area contributed by atoms with Gasteiger partial charge in [-0.05, 0) is 42.3 Å². The van der Waals surface area contributed by atoms with Gasteiger partial charge in [0.2, 0.25) is 0 Å². The fourth-order valence-corrected chi connectivity index (χ4v) is 2.98. The van der Waals surface area contributed by atoms with Crippen molar-refractivity contribution in [3.8, 4) is 0 Å². The lowest BCUT2D eigenvalue weighted by Gasteiger charge is -2.12. The lowest BCUT2D eigenvalue weighted by molar-refractivity contribution is -0.137. The van der Waals surface area contributed by atoms with Gasteiger partial charge in [-0.3, -0.25) is 0 Å². The van der Waals surface area contributed by atoms with Crippen LogP contribution in [-0.2, 0) is 29.1 Å². The smallest absolute Gasteiger partial charge is 0.357 e. The molecule has 160 valence electrons. The summed E-state index contributed by atoms with van der Waals surface area (Å²) in [5, 5.41) is 6.12. The zero-order valence-corrected chi connectivity index (χ0v) is 19.1. The molecule has 2 N–H and O–H groups in total. The molecule has 2 aromatic rings. The molecule has 0 fully saturated rings. The van der Waals surface area contributed by atoms with Crippen LogP contribution in [0.3, 0.4) is 0 Å². The maximum Gasteiger partial charge on any atom is 0.416 e. The predicted octanol–water partition coefficient (Wildman–Crippen LogP) is 3.98. The average molecular weight is 541 g/mol. The molecule has 0 spiro atoms. The summed E-state index contributed by atoms with van der Waals surface area (Å²) in [5.41, 5.74) is 0.838. The second kappa shape index (κ2) is 10.8. The molecule has 2 rings (SSSR count). The van der Waals surface area contributed by atoms with Crippen LogP contribution in [0.4, 0.5) is 13.2 Å². The second-order valence-electron chi connectivity index (χ2n) is 6.16. The number of nitrogens with zero attached hydrogens (tertiary/aromatic N) is 1. The van der Waals surface area contributed by atoms with E-state index >= 15 is 0 Å². The molecular weight excluding hydrogens is 518 g/mol. The van der Waals surface area contributed by atoms with Gasteiger partial charge in [0.05, 0.1) is 17.0 Å². The summed E-state index contributed by atoms with van der Waals surface area (Å²) < 4.78 is 60.8. The molecule has 0 saturated carbocycles. The van der Waals surface area contributed by atoms with Crippen molar-refractivity contribution in [2.75, 3.05) is 12.8 Å². The molecule has 2 aromatic carbocycles. The zero-order chi connectivity index (χ0) is 20.8. The van der Waals surface area contributed by atoms with E-state index in [-0.39, 0.29) is 28.9 Å². The maximum absolute atomic E-state index is 12.6. The molecule has 0 aliphatic heterocycles. The van der Waals surface area contributed by atoms with Gasteiger partial charge in [-0.25, -0.2) is 13.4 Å². The molecule has 0 amide bonds. The fraction of sp³-hybridized carbons (Fsp3) is 0.316. The van der Waals surface area contributed by atoms with Gasteiger partial charge in [0.1, 0.15) is 0 Å². The summed E-state index contributed by atoms with van der Waals surface area (Å²) in [6.45, 7) is 3.16. The largest absolute Gasteiger partial charge is 0.416 e. The summed E-state index contributed by atoms with van der Waals surface area (Å²) in [5.74, 6) is 0.509. The molecule has 5 nitrogen and oxygen atoms in total. The van der Waals surface area contributed by atoms with Crippen molar-refractivity contribution in [2.24, 2.45) is 4.99 Å². The van der Waals surface area contributed by atoms with E-state index in [4.69, 9.17) is 0 Å². The summed E-state index contributed by atoms with van der Waals surface area (Å²) in [6.07, 6.45) is -3.20. The SMILES string of the molecule is CCNC(=NCc1ccc(S(C)(=O)=O)cc1)NCc1ccc(C(F)(F)F)cc1.I. The number of rotatable bonds is 6. The van der Waals surface area contributed by atoms with Crippen LogP contribution in [0.1, 0.15) is 23.6 Å². The molecule has 0 heterocycles. The Hall–Kier alpha value is -1.82. The maximum atomic E-state index is 12.6. The highest BCUT2D eigenvalue weighted by Gasteiger charge is 2.29. The first-order chi connectivity index (χ1) is 13.1. The van der Waals surface area contributed by atoms with Crippen molar-refractivity contribution in [1.82, 2.24) is 10.6 Å². The van der Waals surface area contributed by atoms with Crippen LogP contribution < -0.4 is 10.6 Å². The second-order valence-corrected chi connectivity index (χ2v) is 8.18. The molecule has 0 bridgehead atoms. The summed E-state index contributed by atoms with van der Waals surface area (Å²) in [4.78, 5) is 4.66. The lowest BCUT2D eigenvalue weighted by atomic mass is 10.1. The molecule has 0 aliphatic rings.